The van der Waals surface area contributed by atoms with Gasteiger partial charge in [-0.05, 0) is 6.07 Å². The van der Waals surface area contributed by atoms with E-state index in [1.54, 1.807) is 24.3 Å². The SMILES string of the molecule is OC[C@H](F)c1ccccc1Cl. The normalized spacial score (nSPS) is 13.0. The lowest BCUT2D eigenvalue weighted by molar-refractivity contribution is 0.180. The van der Waals surface area contributed by atoms with E-state index in [-0.39, 0.29) is 0 Å². The highest BCUT2D eigenvalue weighted by Crippen LogP contribution is 2.24. The van der Waals surface area contributed by atoms with Crippen molar-refractivity contribution in [3.8, 4) is 0 Å². The summed E-state index contributed by atoms with van der Waals surface area (Å²) >= 11 is 5.65. The van der Waals surface area contributed by atoms with Crippen molar-refractivity contribution in [2.45, 2.75) is 6.17 Å². The molecule has 0 aromatic heterocycles. The second-order valence-electron chi connectivity index (χ2n) is 2.17. The molecule has 11 heavy (non-hydrogen) atoms. The minimum absolute atomic E-state index is 0.344. The van der Waals surface area contributed by atoms with Crippen molar-refractivity contribution in [3.05, 3.63) is 34.9 Å². The monoisotopic (exact) mass is 174 g/mol. The smallest absolute Gasteiger partial charge is 0.150 e. The van der Waals surface area contributed by atoms with Gasteiger partial charge in [0.1, 0.15) is 6.17 Å². The average molecular weight is 175 g/mol. The van der Waals surface area contributed by atoms with Gasteiger partial charge in [-0.1, -0.05) is 29.8 Å². The first-order valence-corrected chi connectivity index (χ1v) is 3.63. The van der Waals surface area contributed by atoms with Crippen LogP contribution in [0.2, 0.25) is 5.02 Å². The van der Waals surface area contributed by atoms with E-state index in [1.165, 1.54) is 0 Å². The molecule has 0 fully saturated rings. The van der Waals surface area contributed by atoms with Crippen LogP contribution in [0, 0.1) is 0 Å². The van der Waals surface area contributed by atoms with Crippen molar-refractivity contribution in [2.24, 2.45) is 0 Å². The van der Waals surface area contributed by atoms with Crippen molar-refractivity contribution in [1.29, 1.82) is 0 Å². The van der Waals surface area contributed by atoms with Gasteiger partial charge in [-0.2, -0.15) is 0 Å². The third kappa shape index (κ3) is 1.91. The summed E-state index contributed by atoms with van der Waals surface area (Å²) in [6.45, 7) is -0.524. The van der Waals surface area contributed by atoms with Crippen LogP contribution in [-0.2, 0) is 0 Å². The first kappa shape index (κ1) is 8.50. The van der Waals surface area contributed by atoms with E-state index in [0.29, 0.717) is 10.6 Å². The molecule has 0 aliphatic carbocycles. The Labute approximate surface area is 69.4 Å². The van der Waals surface area contributed by atoms with Crippen molar-refractivity contribution < 1.29 is 9.50 Å². The maximum Gasteiger partial charge on any atom is 0.150 e. The third-order valence-corrected chi connectivity index (χ3v) is 1.75. The van der Waals surface area contributed by atoms with Crippen LogP contribution < -0.4 is 0 Å². The van der Waals surface area contributed by atoms with Gasteiger partial charge >= 0.3 is 0 Å². The Morgan fingerprint density at radius 2 is 2.09 bits per heavy atom. The molecule has 1 nitrogen and oxygen atoms in total. The second kappa shape index (κ2) is 3.69. The Morgan fingerprint density at radius 1 is 1.45 bits per heavy atom. The highest BCUT2D eigenvalue weighted by molar-refractivity contribution is 6.31. The van der Waals surface area contributed by atoms with Gasteiger partial charge in [-0.25, -0.2) is 4.39 Å². The summed E-state index contributed by atoms with van der Waals surface area (Å²) in [5.41, 5.74) is 0.344. The number of aliphatic hydroxyl groups is 1. The molecule has 0 heterocycles. The van der Waals surface area contributed by atoms with Crippen molar-refractivity contribution >= 4 is 11.6 Å². The molecule has 3 heteroatoms. The van der Waals surface area contributed by atoms with Gasteiger partial charge in [0.25, 0.3) is 0 Å². The molecular formula is C8H8ClFO. The minimum atomic E-state index is -1.37. The van der Waals surface area contributed by atoms with E-state index in [9.17, 15) is 4.39 Å². The predicted octanol–water partition coefficient (Wildman–Crippen LogP) is 2.34. The highest BCUT2D eigenvalue weighted by atomic mass is 35.5. The van der Waals surface area contributed by atoms with E-state index in [2.05, 4.69) is 0 Å². The Kier molecular flexibility index (Phi) is 2.85. The van der Waals surface area contributed by atoms with Crippen molar-refractivity contribution in [1.82, 2.24) is 0 Å². The molecule has 1 aromatic carbocycles. The summed E-state index contributed by atoms with van der Waals surface area (Å²) in [6, 6.07) is 6.56. The third-order valence-electron chi connectivity index (χ3n) is 1.40. The number of rotatable bonds is 2. The van der Waals surface area contributed by atoms with Crippen LogP contribution in [0.25, 0.3) is 0 Å². The van der Waals surface area contributed by atoms with Crippen LogP contribution in [0.1, 0.15) is 11.7 Å². The first-order chi connectivity index (χ1) is 5.25. The van der Waals surface area contributed by atoms with E-state index in [0.717, 1.165) is 0 Å². The largest absolute Gasteiger partial charge is 0.393 e. The molecule has 0 saturated carbocycles. The molecule has 0 aliphatic rings. The number of aliphatic hydroxyl groups excluding tert-OH is 1. The molecule has 1 aromatic rings. The molecule has 0 radical (unpaired) electrons. The summed E-state index contributed by atoms with van der Waals surface area (Å²) in [6.07, 6.45) is -1.37. The minimum Gasteiger partial charge on any atom is -0.393 e. The molecule has 1 rings (SSSR count). The van der Waals surface area contributed by atoms with Gasteiger partial charge in [-0.15, -0.1) is 0 Å². The zero-order chi connectivity index (χ0) is 8.27. The number of hydrogen-bond donors (Lipinski definition) is 1. The van der Waals surface area contributed by atoms with Crippen LogP contribution in [-0.4, -0.2) is 11.7 Å². The van der Waals surface area contributed by atoms with Crippen LogP contribution in [0.3, 0.4) is 0 Å². The van der Waals surface area contributed by atoms with Gasteiger partial charge in [0.05, 0.1) is 6.61 Å². The number of halogens is 2. The maximum absolute atomic E-state index is 12.8. The fourth-order valence-electron chi connectivity index (χ4n) is 0.827. The quantitative estimate of drug-likeness (QED) is 0.730. The topological polar surface area (TPSA) is 20.2 Å². The van der Waals surface area contributed by atoms with Crippen molar-refractivity contribution in [2.75, 3.05) is 6.61 Å². The molecule has 60 valence electrons. The van der Waals surface area contributed by atoms with Crippen LogP contribution in [0.5, 0.6) is 0 Å². The molecule has 0 bridgehead atoms. The van der Waals surface area contributed by atoms with Crippen molar-refractivity contribution in [3.63, 3.8) is 0 Å². The molecule has 0 spiro atoms. The van der Waals surface area contributed by atoms with E-state index in [1.807, 2.05) is 0 Å². The standard InChI is InChI=1S/C8H8ClFO/c9-7-4-2-1-3-6(7)8(10)5-11/h1-4,8,11H,5H2/t8-/m0/s1. The fraction of sp³-hybridized carbons (Fsp3) is 0.250. The van der Waals surface area contributed by atoms with Gasteiger partial charge in [0.15, 0.2) is 0 Å². The van der Waals surface area contributed by atoms with Crippen LogP contribution in [0.4, 0.5) is 4.39 Å². The number of benzene rings is 1. The lowest BCUT2D eigenvalue weighted by atomic mass is 10.1. The average Bonchev–Trinajstić information content (AvgIpc) is 2.04. The zero-order valence-corrected chi connectivity index (χ0v) is 6.55. The second-order valence-corrected chi connectivity index (χ2v) is 2.58. The molecular weight excluding hydrogens is 167 g/mol. The maximum atomic E-state index is 12.8. The molecule has 0 aliphatic heterocycles. The zero-order valence-electron chi connectivity index (χ0n) is 5.80. The summed E-state index contributed by atoms with van der Waals surface area (Å²) < 4.78 is 12.8. The lowest BCUT2D eigenvalue weighted by Crippen LogP contribution is -1.97. The highest BCUT2D eigenvalue weighted by Gasteiger charge is 2.10. The van der Waals surface area contributed by atoms with E-state index < -0.39 is 12.8 Å². The van der Waals surface area contributed by atoms with E-state index >= 15 is 0 Å². The predicted molar refractivity (Wildman–Crippen MR) is 42.4 cm³/mol. The Hall–Kier alpha value is -0.600. The summed E-state index contributed by atoms with van der Waals surface area (Å²) in [5.74, 6) is 0. The Balaban J connectivity index is 2.93. The first-order valence-electron chi connectivity index (χ1n) is 3.25. The Bertz CT molecular complexity index is 239. The van der Waals surface area contributed by atoms with E-state index in [4.69, 9.17) is 16.7 Å². The summed E-state index contributed by atoms with van der Waals surface area (Å²) in [4.78, 5) is 0. The number of alkyl halides is 1. The van der Waals surface area contributed by atoms with Crippen LogP contribution in [0.15, 0.2) is 24.3 Å². The molecule has 1 N–H and O–H groups in total. The summed E-state index contributed by atoms with van der Waals surface area (Å²) in [7, 11) is 0. The Morgan fingerprint density at radius 3 is 2.64 bits per heavy atom. The molecule has 1 atom stereocenters. The van der Waals surface area contributed by atoms with Crippen LogP contribution >= 0.6 is 11.6 Å². The fourth-order valence-corrected chi connectivity index (χ4v) is 1.08. The van der Waals surface area contributed by atoms with Gasteiger partial charge in [0, 0.05) is 10.6 Å². The number of hydrogen-bond acceptors (Lipinski definition) is 1. The molecule has 0 unspecified atom stereocenters. The summed E-state index contributed by atoms with van der Waals surface area (Å²) in [5, 5.41) is 8.83. The van der Waals surface area contributed by atoms with Gasteiger partial charge < -0.3 is 5.11 Å². The van der Waals surface area contributed by atoms with Gasteiger partial charge in [0.2, 0.25) is 0 Å². The molecule has 0 saturated heterocycles. The molecule has 0 amide bonds. The lowest BCUT2D eigenvalue weighted by Gasteiger charge is -2.05. The van der Waals surface area contributed by atoms with Gasteiger partial charge in [-0.3, -0.25) is 0 Å².